The van der Waals surface area contributed by atoms with Crippen molar-refractivity contribution in [1.29, 1.82) is 0 Å². The predicted octanol–water partition coefficient (Wildman–Crippen LogP) is 2.13. The van der Waals surface area contributed by atoms with E-state index in [2.05, 4.69) is 10.3 Å². The van der Waals surface area contributed by atoms with E-state index < -0.39 is 0 Å². The van der Waals surface area contributed by atoms with Gasteiger partial charge < -0.3 is 19.9 Å². The van der Waals surface area contributed by atoms with Crippen LogP contribution in [0.25, 0.3) is 10.9 Å². The van der Waals surface area contributed by atoms with Crippen molar-refractivity contribution in [3.8, 4) is 0 Å². The van der Waals surface area contributed by atoms with Gasteiger partial charge in [-0.1, -0.05) is 24.3 Å². The number of aromatic nitrogens is 1. The highest BCUT2D eigenvalue weighted by atomic mass is 16.5. The number of amides is 3. The Kier molecular flexibility index (Phi) is 6.24. The third kappa shape index (κ3) is 4.74. The minimum absolute atomic E-state index is 0.0417. The van der Waals surface area contributed by atoms with Gasteiger partial charge in [-0.25, -0.2) is 9.78 Å². The fourth-order valence-electron chi connectivity index (χ4n) is 3.26. The molecule has 1 aromatic carbocycles. The summed E-state index contributed by atoms with van der Waals surface area (Å²) in [5.41, 5.74) is 1.17. The molecule has 0 saturated carbocycles. The number of para-hydroxylation sites is 1. The van der Waals surface area contributed by atoms with Crippen LogP contribution >= 0.6 is 0 Å². The highest BCUT2D eigenvalue weighted by Gasteiger charge is 2.26. The third-order valence-electron chi connectivity index (χ3n) is 4.73. The second kappa shape index (κ2) is 8.81. The summed E-state index contributed by atoms with van der Waals surface area (Å²) in [5.74, 6) is -0.231. The molecule has 1 aliphatic heterocycles. The first kappa shape index (κ1) is 19.1. The van der Waals surface area contributed by atoms with Crippen molar-refractivity contribution in [3.05, 3.63) is 42.1 Å². The number of carbonyl (C=O) groups excluding carboxylic acids is 2. The number of urea groups is 1. The Balaban J connectivity index is 1.61. The van der Waals surface area contributed by atoms with E-state index in [1.165, 1.54) is 0 Å². The van der Waals surface area contributed by atoms with Crippen LogP contribution in [0.15, 0.2) is 36.4 Å². The predicted molar refractivity (Wildman–Crippen MR) is 104 cm³/mol. The van der Waals surface area contributed by atoms with Crippen LogP contribution in [0.4, 0.5) is 4.79 Å². The van der Waals surface area contributed by atoms with Gasteiger partial charge in [0.15, 0.2) is 0 Å². The molecule has 3 amide bonds. The van der Waals surface area contributed by atoms with Crippen molar-refractivity contribution in [2.24, 2.45) is 0 Å². The van der Waals surface area contributed by atoms with Crippen LogP contribution in [0.2, 0.25) is 0 Å². The fourth-order valence-corrected chi connectivity index (χ4v) is 3.26. The van der Waals surface area contributed by atoms with Crippen molar-refractivity contribution in [1.82, 2.24) is 20.1 Å². The normalized spacial score (nSPS) is 14.7. The molecule has 0 atom stereocenters. The highest BCUT2D eigenvalue weighted by Crippen LogP contribution is 2.16. The molecule has 144 valence electrons. The van der Waals surface area contributed by atoms with Gasteiger partial charge in [0, 0.05) is 51.8 Å². The first-order valence-electron chi connectivity index (χ1n) is 9.26. The van der Waals surface area contributed by atoms with Crippen molar-refractivity contribution >= 4 is 22.8 Å². The third-order valence-corrected chi connectivity index (χ3v) is 4.73. The first-order valence-corrected chi connectivity index (χ1v) is 9.26. The standard InChI is InChI=1S/C20H26N4O3/c1-23(2)20(26)24(16-9-13-27-14-10-16)12-11-21-19(25)18-8-7-15-5-3-4-6-17(15)22-18/h3-8,16H,9-14H2,1-2H3,(H,21,25). The maximum atomic E-state index is 12.5. The average molecular weight is 370 g/mol. The summed E-state index contributed by atoms with van der Waals surface area (Å²) in [4.78, 5) is 32.8. The van der Waals surface area contributed by atoms with Gasteiger partial charge in [0.1, 0.15) is 5.69 Å². The smallest absolute Gasteiger partial charge is 0.319 e. The molecule has 1 N–H and O–H groups in total. The molecule has 7 nitrogen and oxygen atoms in total. The Morgan fingerprint density at radius 1 is 1.15 bits per heavy atom. The van der Waals surface area contributed by atoms with Gasteiger partial charge in [0.25, 0.3) is 5.91 Å². The van der Waals surface area contributed by atoms with Gasteiger partial charge in [0.2, 0.25) is 0 Å². The average Bonchev–Trinajstić information content (AvgIpc) is 2.70. The van der Waals surface area contributed by atoms with Gasteiger partial charge in [-0.05, 0) is 25.0 Å². The molecule has 7 heteroatoms. The quantitative estimate of drug-likeness (QED) is 0.875. The summed E-state index contributed by atoms with van der Waals surface area (Å²) >= 11 is 0. The zero-order valence-corrected chi connectivity index (χ0v) is 15.9. The van der Waals surface area contributed by atoms with Gasteiger partial charge in [-0.3, -0.25) is 4.79 Å². The van der Waals surface area contributed by atoms with E-state index in [0.29, 0.717) is 32.0 Å². The number of hydrogen-bond acceptors (Lipinski definition) is 4. The minimum atomic E-state index is -0.231. The monoisotopic (exact) mass is 370 g/mol. The van der Waals surface area contributed by atoms with Crippen molar-refractivity contribution in [2.45, 2.75) is 18.9 Å². The Morgan fingerprint density at radius 3 is 2.63 bits per heavy atom. The SMILES string of the molecule is CN(C)C(=O)N(CCNC(=O)c1ccc2ccccc2n1)C1CCOCC1. The maximum absolute atomic E-state index is 12.5. The summed E-state index contributed by atoms with van der Waals surface area (Å²) in [7, 11) is 3.48. The molecular weight excluding hydrogens is 344 g/mol. The fraction of sp³-hybridized carbons (Fsp3) is 0.450. The number of rotatable bonds is 5. The first-order chi connectivity index (χ1) is 13.1. The van der Waals surface area contributed by atoms with Crippen molar-refractivity contribution in [2.75, 3.05) is 40.4 Å². The summed E-state index contributed by atoms with van der Waals surface area (Å²) in [5, 5.41) is 3.88. The molecule has 1 fully saturated rings. The zero-order chi connectivity index (χ0) is 19.2. The Morgan fingerprint density at radius 2 is 1.89 bits per heavy atom. The topological polar surface area (TPSA) is 74.8 Å². The van der Waals surface area contributed by atoms with E-state index in [0.717, 1.165) is 23.7 Å². The number of fused-ring (bicyclic) bond motifs is 1. The van der Waals surface area contributed by atoms with Crippen LogP contribution in [-0.4, -0.2) is 73.2 Å². The van der Waals surface area contributed by atoms with E-state index in [9.17, 15) is 9.59 Å². The molecular formula is C20H26N4O3. The van der Waals surface area contributed by atoms with Gasteiger partial charge in [-0.2, -0.15) is 0 Å². The molecule has 27 heavy (non-hydrogen) atoms. The molecule has 1 saturated heterocycles. The van der Waals surface area contributed by atoms with Crippen LogP contribution in [-0.2, 0) is 4.74 Å². The zero-order valence-electron chi connectivity index (χ0n) is 15.9. The molecule has 0 unspecified atom stereocenters. The van der Waals surface area contributed by atoms with Crippen LogP contribution < -0.4 is 5.32 Å². The molecule has 1 aliphatic rings. The minimum Gasteiger partial charge on any atom is -0.381 e. The Hall–Kier alpha value is -2.67. The number of nitrogens with zero attached hydrogens (tertiary/aromatic N) is 3. The lowest BCUT2D eigenvalue weighted by Crippen LogP contribution is -2.50. The molecule has 1 aromatic heterocycles. The highest BCUT2D eigenvalue weighted by molar-refractivity contribution is 5.94. The van der Waals surface area contributed by atoms with Gasteiger partial charge >= 0.3 is 6.03 Å². The summed E-state index contributed by atoms with van der Waals surface area (Å²) in [6.07, 6.45) is 1.64. The largest absolute Gasteiger partial charge is 0.381 e. The molecule has 0 aliphatic carbocycles. The van der Waals surface area contributed by atoms with Crippen LogP contribution in [0, 0.1) is 0 Å². The van der Waals surface area contributed by atoms with Crippen LogP contribution in [0.3, 0.4) is 0 Å². The lowest BCUT2D eigenvalue weighted by atomic mass is 10.1. The van der Waals surface area contributed by atoms with Crippen LogP contribution in [0.5, 0.6) is 0 Å². The number of pyridine rings is 1. The molecule has 2 heterocycles. The van der Waals surface area contributed by atoms with E-state index >= 15 is 0 Å². The second-order valence-electron chi connectivity index (χ2n) is 6.86. The number of hydrogen-bond donors (Lipinski definition) is 1. The van der Waals surface area contributed by atoms with Gasteiger partial charge in [0.05, 0.1) is 5.52 Å². The second-order valence-corrected chi connectivity index (χ2v) is 6.86. The van der Waals surface area contributed by atoms with E-state index in [1.54, 1.807) is 25.1 Å². The number of benzene rings is 1. The Labute approximate surface area is 159 Å². The van der Waals surface area contributed by atoms with Crippen molar-refractivity contribution < 1.29 is 14.3 Å². The lowest BCUT2D eigenvalue weighted by molar-refractivity contribution is 0.0415. The van der Waals surface area contributed by atoms with Crippen LogP contribution in [0.1, 0.15) is 23.3 Å². The van der Waals surface area contributed by atoms with E-state index in [-0.39, 0.29) is 18.0 Å². The molecule has 0 radical (unpaired) electrons. The molecule has 0 bridgehead atoms. The molecule has 3 rings (SSSR count). The molecule has 2 aromatic rings. The number of ether oxygens (including phenoxy) is 1. The number of nitrogens with one attached hydrogen (secondary N) is 1. The van der Waals surface area contributed by atoms with Crippen molar-refractivity contribution in [3.63, 3.8) is 0 Å². The van der Waals surface area contributed by atoms with E-state index in [4.69, 9.17) is 4.74 Å². The number of carbonyl (C=O) groups is 2. The lowest BCUT2D eigenvalue weighted by Gasteiger charge is -2.36. The summed E-state index contributed by atoms with van der Waals surface area (Å²) in [6, 6.07) is 11.4. The summed E-state index contributed by atoms with van der Waals surface area (Å²) < 4.78 is 5.40. The van der Waals surface area contributed by atoms with E-state index in [1.807, 2.05) is 35.2 Å². The maximum Gasteiger partial charge on any atom is 0.319 e. The van der Waals surface area contributed by atoms with Gasteiger partial charge in [-0.15, -0.1) is 0 Å². The summed E-state index contributed by atoms with van der Waals surface area (Å²) in [6.45, 7) is 2.16. The molecule has 0 spiro atoms. The Bertz CT molecular complexity index is 803.